The van der Waals surface area contributed by atoms with Gasteiger partial charge in [0.05, 0.1) is 13.2 Å². The highest BCUT2D eigenvalue weighted by molar-refractivity contribution is 5.94. The molecule has 0 aromatic carbocycles. The third kappa shape index (κ3) is 4.33. The van der Waals surface area contributed by atoms with Crippen molar-refractivity contribution in [2.24, 2.45) is 5.41 Å². The second-order valence-corrected chi connectivity index (χ2v) is 4.80. The van der Waals surface area contributed by atoms with Crippen molar-refractivity contribution < 1.29 is 29.3 Å². The van der Waals surface area contributed by atoms with Gasteiger partial charge in [0, 0.05) is 17.1 Å². The Morgan fingerprint density at radius 2 is 1.84 bits per heavy atom. The monoisotopic (exact) mass is 272 g/mol. The molecular formula is C13H20O6. The summed E-state index contributed by atoms with van der Waals surface area (Å²) in [4.78, 5) is 21.7. The molecule has 1 saturated heterocycles. The number of carboxylic acids is 2. The van der Waals surface area contributed by atoms with E-state index in [9.17, 15) is 9.59 Å². The maximum Gasteiger partial charge on any atom is 0.331 e. The van der Waals surface area contributed by atoms with Crippen LogP contribution in [0.2, 0.25) is 0 Å². The number of hydrogen-bond acceptors (Lipinski definition) is 4. The zero-order valence-electron chi connectivity index (χ0n) is 11.2. The molecule has 0 radical (unpaired) electrons. The summed E-state index contributed by atoms with van der Waals surface area (Å²) in [5.41, 5.74) is -0.595. The van der Waals surface area contributed by atoms with Crippen molar-refractivity contribution in [3.05, 3.63) is 11.6 Å². The second-order valence-electron chi connectivity index (χ2n) is 4.80. The lowest BCUT2D eigenvalue weighted by molar-refractivity contribution is -0.230. The van der Waals surface area contributed by atoms with Gasteiger partial charge in [-0.05, 0) is 19.3 Å². The van der Waals surface area contributed by atoms with Crippen LogP contribution in [0.25, 0.3) is 0 Å². The van der Waals surface area contributed by atoms with Gasteiger partial charge in [0.15, 0.2) is 6.29 Å². The third-order valence-electron chi connectivity index (χ3n) is 3.37. The highest BCUT2D eigenvalue weighted by atomic mass is 16.7. The molecule has 1 rings (SSSR count). The molecule has 0 bridgehead atoms. The van der Waals surface area contributed by atoms with Crippen LogP contribution in [-0.4, -0.2) is 41.7 Å². The first-order chi connectivity index (χ1) is 8.92. The van der Waals surface area contributed by atoms with E-state index in [0.29, 0.717) is 19.6 Å². The number of aliphatic carboxylic acids is 2. The van der Waals surface area contributed by atoms with Crippen molar-refractivity contribution >= 4 is 11.9 Å². The summed E-state index contributed by atoms with van der Waals surface area (Å²) in [6, 6.07) is 0. The van der Waals surface area contributed by atoms with Crippen LogP contribution in [0.4, 0.5) is 0 Å². The highest BCUT2D eigenvalue weighted by Crippen LogP contribution is 2.35. The van der Waals surface area contributed by atoms with E-state index in [1.54, 1.807) is 0 Å². The fourth-order valence-corrected chi connectivity index (χ4v) is 2.04. The maximum atomic E-state index is 11.1. The lowest BCUT2D eigenvalue weighted by atomic mass is 9.79. The third-order valence-corrected chi connectivity index (χ3v) is 3.37. The van der Waals surface area contributed by atoms with Crippen molar-refractivity contribution in [2.45, 2.75) is 39.4 Å². The standard InChI is InChI=1S/C13H20O6/c1-3-11-18-7-13(4-2,8-19-11)6-9(12(16)17)5-10(14)15/h5,11H,3-4,6-8H2,1-2H3,(H,14,15)(H,16,17). The average molecular weight is 272 g/mol. The predicted molar refractivity (Wildman–Crippen MR) is 66.7 cm³/mol. The Hall–Kier alpha value is -1.40. The molecule has 1 aliphatic heterocycles. The fraction of sp³-hybridized carbons (Fsp3) is 0.692. The summed E-state index contributed by atoms with van der Waals surface area (Å²) in [5.74, 6) is -2.47. The quantitative estimate of drug-likeness (QED) is 0.714. The lowest BCUT2D eigenvalue weighted by Gasteiger charge is -2.39. The van der Waals surface area contributed by atoms with E-state index in [1.807, 2.05) is 13.8 Å². The predicted octanol–water partition coefficient (Wildman–Crippen LogP) is 1.65. The minimum Gasteiger partial charge on any atom is -0.478 e. The van der Waals surface area contributed by atoms with Gasteiger partial charge in [-0.25, -0.2) is 9.59 Å². The molecular weight excluding hydrogens is 252 g/mol. The van der Waals surface area contributed by atoms with Gasteiger partial charge in [-0.1, -0.05) is 13.8 Å². The molecule has 0 aromatic heterocycles. The van der Waals surface area contributed by atoms with Crippen LogP contribution in [0.5, 0.6) is 0 Å². The van der Waals surface area contributed by atoms with Crippen LogP contribution in [-0.2, 0) is 19.1 Å². The van der Waals surface area contributed by atoms with Crippen molar-refractivity contribution in [3.8, 4) is 0 Å². The van der Waals surface area contributed by atoms with E-state index in [4.69, 9.17) is 19.7 Å². The number of carboxylic acid groups (broad SMARTS) is 2. The van der Waals surface area contributed by atoms with Crippen LogP contribution in [0.3, 0.4) is 0 Å². The van der Waals surface area contributed by atoms with E-state index in [0.717, 1.165) is 12.5 Å². The van der Waals surface area contributed by atoms with E-state index in [1.165, 1.54) is 0 Å². The molecule has 108 valence electrons. The summed E-state index contributed by atoms with van der Waals surface area (Å²) in [7, 11) is 0. The first-order valence-corrected chi connectivity index (χ1v) is 6.32. The number of ether oxygens (including phenoxy) is 2. The fourth-order valence-electron chi connectivity index (χ4n) is 2.04. The average Bonchev–Trinajstić information content (AvgIpc) is 2.38. The Kier molecular flexibility index (Phi) is 5.50. The van der Waals surface area contributed by atoms with Crippen molar-refractivity contribution in [2.75, 3.05) is 13.2 Å². The summed E-state index contributed by atoms with van der Waals surface area (Å²) < 4.78 is 11.1. The van der Waals surface area contributed by atoms with Crippen LogP contribution in [0, 0.1) is 5.41 Å². The molecule has 2 N–H and O–H groups in total. The number of rotatable bonds is 6. The normalized spacial score (nSPS) is 28.1. The second kappa shape index (κ2) is 6.68. The molecule has 6 heteroatoms. The summed E-state index contributed by atoms with van der Waals surface area (Å²) in [6.07, 6.45) is 2.01. The van der Waals surface area contributed by atoms with Gasteiger partial charge in [0.1, 0.15) is 0 Å². The Morgan fingerprint density at radius 3 is 2.21 bits per heavy atom. The zero-order chi connectivity index (χ0) is 14.5. The molecule has 0 aliphatic carbocycles. The molecule has 0 atom stereocenters. The largest absolute Gasteiger partial charge is 0.478 e. The Morgan fingerprint density at radius 1 is 1.26 bits per heavy atom. The molecule has 0 amide bonds. The van der Waals surface area contributed by atoms with Crippen molar-refractivity contribution in [1.29, 1.82) is 0 Å². The molecule has 0 unspecified atom stereocenters. The highest BCUT2D eigenvalue weighted by Gasteiger charge is 2.37. The molecule has 0 spiro atoms. The molecule has 19 heavy (non-hydrogen) atoms. The molecule has 1 aliphatic rings. The minimum atomic E-state index is -1.26. The first-order valence-electron chi connectivity index (χ1n) is 6.32. The Bertz CT molecular complexity index is 365. The van der Waals surface area contributed by atoms with Gasteiger partial charge in [-0.15, -0.1) is 0 Å². The van der Waals surface area contributed by atoms with Gasteiger partial charge in [0.25, 0.3) is 0 Å². The van der Waals surface area contributed by atoms with Gasteiger partial charge in [-0.3, -0.25) is 0 Å². The molecule has 0 aromatic rings. The smallest absolute Gasteiger partial charge is 0.331 e. The van der Waals surface area contributed by atoms with E-state index in [2.05, 4.69) is 0 Å². The van der Waals surface area contributed by atoms with Gasteiger partial charge in [0.2, 0.25) is 0 Å². The van der Waals surface area contributed by atoms with Crippen LogP contribution in [0.1, 0.15) is 33.1 Å². The Labute approximate surface area is 112 Å². The topological polar surface area (TPSA) is 93.1 Å². The van der Waals surface area contributed by atoms with Crippen molar-refractivity contribution in [3.63, 3.8) is 0 Å². The maximum absolute atomic E-state index is 11.1. The molecule has 6 nitrogen and oxygen atoms in total. The van der Waals surface area contributed by atoms with Gasteiger partial charge in [-0.2, -0.15) is 0 Å². The first kappa shape index (κ1) is 15.7. The SMILES string of the molecule is CCC1OCC(CC)(CC(=CC(=O)O)C(=O)O)CO1. The van der Waals surface area contributed by atoms with Gasteiger partial charge >= 0.3 is 11.9 Å². The van der Waals surface area contributed by atoms with Crippen LogP contribution < -0.4 is 0 Å². The molecule has 1 heterocycles. The zero-order valence-corrected chi connectivity index (χ0v) is 11.2. The van der Waals surface area contributed by atoms with E-state index < -0.39 is 17.4 Å². The number of hydrogen-bond donors (Lipinski definition) is 2. The van der Waals surface area contributed by atoms with E-state index in [-0.39, 0.29) is 18.3 Å². The molecule has 0 saturated carbocycles. The van der Waals surface area contributed by atoms with E-state index >= 15 is 0 Å². The van der Waals surface area contributed by atoms with Crippen LogP contribution >= 0.6 is 0 Å². The number of carbonyl (C=O) groups is 2. The summed E-state index contributed by atoms with van der Waals surface area (Å²) in [6.45, 7) is 4.62. The van der Waals surface area contributed by atoms with Gasteiger partial charge < -0.3 is 19.7 Å². The molecule has 1 fully saturated rings. The Balaban J connectivity index is 2.80. The lowest BCUT2D eigenvalue weighted by Crippen LogP contribution is -2.42. The van der Waals surface area contributed by atoms with Crippen molar-refractivity contribution in [1.82, 2.24) is 0 Å². The summed E-state index contributed by atoms with van der Waals surface area (Å²) in [5, 5.41) is 17.7. The summed E-state index contributed by atoms with van der Waals surface area (Å²) >= 11 is 0. The van der Waals surface area contributed by atoms with Crippen LogP contribution in [0.15, 0.2) is 11.6 Å². The minimum absolute atomic E-state index is 0.127.